The van der Waals surface area contributed by atoms with Crippen LogP contribution >= 0.6 is 12.4 Å². The number of hydrogen-bond acceptors (Lipinski definition) is 3. The van der Waals surface area contributed by atoms with Crippen molar-refractivity contribution >= 4 is 18.2 Å². The molecule has 23 heavy (non-hydrogen) atoms. The lowest BCUT2D eigenvalue weighted by Gasteiger charge is -2.16. The normalized spacial score (nSPS) is 11.4. The molecule has 0 bridgehead atoms. The fourth-order valence-corrected chi connectivity index (χ4v) is 2.64. The van der Waals surface area contributed by atoms with E-state index in [1.54, 1.807) is 13.2 Å². The van der Waals surface area contributed by atoms with Crippen LogP contribution < -0.4 is 10.1 Å². The van der Waals surface area contributed by atoms with Crippen LogP contribution in [0.2, 0.25) is 0 Å². The first-order chi connectivity index (χ1) is 10.6. The van der Waals surface area contributed by atoms with Crippen LogP contribution in [-0.2, 0) is 6.42 Å². The fraction of sp³-hybridized carbons (Fsp3) is 0.316. The third-order valence-electron chi connectivity index (χ3n) is 3.74. The van der Waals surface area contributed by atoms with Crippen LogP contribution in [0, 0.1) is 12.8 Å². The Kier molecular flexibility index (Phi) is 7.79. The second kappa shape index (κ2) is 9.33. The molecule has 0 aliphatic carbocycles. The van der Waals surface area contributed by atoms with Gasteiger partial charge in [-0.1, -0.05) is 42.0 Å². The molecular formula is C19H24ClNO2. The molecule has 2 aromatic carbocycles. The Morgan fingerprint density at radius 2 is 1.91 bits per heavy atom. The summed E-state index contributed by atoms with van der Waals surface area (Å²) in [5.41, 5.74) is 3.11. The first-order valence-electron chi connectivity index (χ1n) is 7.52. The van der Waals surface area contributed by atoms with E-state index in [4.69, 9.17) is 4.74 Å². The number of aryl methyl sites for hydroxylation is 1. The van der Waals surface area contributed by atoms with E-state index in [-0.39, 0.29) is 24.1 Å². The lowest BCUT2D eigenvalue weighted by atomic mass is 9.90. The minimum absolute atomic E-state index is 0. The maximum Gasteiger partial charge on any atom is 0.167 e. The molecule has 1 atom stereocenters. The van der Waals surface area contributed by atoms with E-state index in [0.29, 0.717) is 17.9 Å². The van der Waals surface area contributed by atoms with E-state index < -0.39 is 0 Å². The summed E-state index contributed by atoms with van der Waals surface area (Å²) < 4.78 is 5.21. The van der Waals surface area contributed by atoms with Crippen LogP contribution in [0.1, 0.15) is 21.5 Å². The summed E-state index contributed by atoms with van der Waals surface area (Å²) in [6.45, 7) is 2.73. The molecule has 2 aromatic rings. The highest BCUT2D eigenvalue weighted by Gasteiger charge is 2.20. The minimum Gasteiger partial charge on any atom is -0.497 e. The van der Waals surface area contributed by atoms with E-state index in [2.05, 4.69) is 30.4 Å². The maximum absolute atomic E-state index is 12.8. The molecule has 3 nitrogen and oxygen atoms in total. The number of hydrogen-bond donors (Lipinski definition) is 1. The number of ether oxygens (including phenoxy) is 1. The van der Waals surface area contributed by atoms with Crippen LogP contribution in [0.3, 0.4) is 0 Å². The van der Waals surface area contributed by atoms with Gasteiger partial charge in [0, 0.05) is 18.0 Å². The number of rotatable bonds is 7. The van der Waals surface area contributed by atoms with Gasteiger partial charge in [-0.3, -0.25) is 4.79 Å². The Morgan fingerprint density at radius 1 is 1.17 bits per heavy atom. The second-order valence-corrected chi connectivity index (χ2v) is 5.54. The quantitative estimate of drug-likeness (QED) is 0.785. The van der Waals surface area contributed by atoms with Gasteiger partial charge in [0.1, 0.15) is 5.75 Å². The van der Waals surface area contributed by atoms with Gasteiger partial charge in [-0.05, 0) is 38.1 Å². The van der Waals surface area contributed by atoms with Crippen LogP contribution in [0.25, 0.3) is 0 Å². The zero-order valence-corrected chi connectivity index (χ0v) is 14.7. The number of ketones is 1. The third kappa shape index (κ3) is 5.38. The average Bonchev–Trinajstić information content (AvgIpc) is 2.54. The highest BCUT2D eigenvalue weighted by Crippen LogP contribution is 2.19. The van der Waals surface area contributed by atoms with Crippen LogP contribution in [0.15, 0.2) is 48.5 Å². The first-order valence-corrected chi connectivity index (χ1v) is 7.52. The van der Waals surface area contributed by atoms with E-state index >= 15 is 0 Å². The molecule has 0 aliphatic rings. The van der Waals surface area contributed by atoms with Crippen molar-refractivity contribution in [2.75, 3.05) is 20.7 Å². The van der Waals surface area contributed by atoms with Crippen molar-refractivity contribution < 1.29 is 9.53 Å². The molecule has 0 spiro atoms. The summed E-state index contributed by atoms with van der Waals surface area (Å²) >= 11 is 0. The van der Waals surface area contributed by atoms with Gasteiger partial charge in [-0.15, -0.1) is 12.4 Å². The van der Waals surface area contributed by atoms with Crippen molar-refractivity contribution in [3.05, 3.63) is 65.2 Å². The highest BCUT2D eigenvalue weighted by atomic mass is 35.5. The third-order valence-corrected chi connectivity index (χ3v) is 3.74. The number of carbonyl (C=O) groups excluding carboxylic acids is 1. The molecule has 1 unspecified atom stereocenters. The zero-order valence-electron chi connectivity index (χ0n) is 13.8. The Bertz CT molecular complexity index is 643. The van der Waals surface area contributed by atoms with Gasteiger partial charge >= 0.3 is 0 Å². The van der Waals surface area contributed by atoms with Crippen molar-refractivity contribution in [3.63, 3.8) is 0 Å². The topological polar surface area (TPSA) is 38.3 Å². The van der Waals surface area contributed by atoms with Crippen LogP contribution in [0.4, 0.5) is 0 Å². The Morgan fingerprint density at radius 3 is 2.57 bits per heavy atom. The van der Waals surface area contributed by atoms with Gasteiger partial charge < -0.3 is 10.1 Å². The molecule has 4 heteroatoms. The Labute approximate surface area is 144 Å². The van der Waals surface area contributed by atoms with Gasteiger partial charge in [0.15, 0.2) is 5.78 Å². The Hall–Kier alpha value is -1.84. The summed E-state index contributed by atoms with van der Waals surface area (Å²) in [7, 11) is 3.49. The van der Waals surface area contributed by atoms with E-state index in [9.17, 15) is 4.79 Å². The van der Waals surface area contributed by atoms with E-state index in [0.717, 1.165) is 6.42 Å². The monoisotopic (exact) mass is 333 g/mol. The van der Waals surface area contributed by atoms with Crippen molar-refractivity contribution in [2.45, 2.75) is 13.3 Å². The molecule has 124 valence electrons. The predicted molar refractivity (Wildman–Crippen MR) is 96.9 cm³/mol. The van der Waals surface area contributed by atoms with Crippen molar-refractivity contribution in [1.29, 1.82) is 0 Å². The maximum atomic E-state index is 12.8. The number of carbonyl (C=O) groups is 1. The smallest absolute Gasteiger partial charge is 0.167 e. The second-order valence-electron chi connectivity index (χ2n) is 5.54. The summed E-state index contributed by atoms with van der Waals surface area (Å²) in [5, 5.41) is 3.13. The fourth-order valence-electron chi connectivity index (χ4n) is 2.64. The van der Waals surface area contributed by atoms with Gasteiger partial charge in [0.25, 0.3) is 0 Å². The lowest BCUT2D eigenvalue weighted by Crippen LogP contribution is -2.28. The number of nitrogens with one attached hydrogen (secondary N) is 1. The molecule has 1 N–H and O–H groups in total. The summed E-state index contributed by atoms with van der Waals surface area (Å²) in [6, 6.07) is 15.7. The minimum atomic E-state index is -0.0843. The van der Waals surface area contributed by atoms with Crippen molar-refractivity contribution in [2.24, 2.45) is 5.92 Å². The summed E-state index contributed by atoms with van der Waals surface area (Å²) in [6.07, 6.45) is 0.735. The molecule has 0 amide bonds. The van der Waals surface area contributed by atoms with E-state index in [1.165, 1.54) is 11.1 Å². The molecule has 0 fully saturated rings. The first kappa shape index (κ1) is 19.2. The Balaban J connectivity index is 0.00000264. The number of benzene rings is 2. The number of Topliss-reactive ketones (excluding diaryl/α,β-unsaturated/α-hetero) is 1. The lowest BCUT2D eigenvalue weighted by molar-refractivity contribution is 0.0918. The van der Waals surface area contributed by atoms with E-state index in [1.807, 2.05) is 31.3 Å². The van der Waals surface area contributed by atoms with Crippen molar-refractivity contribution in [1.82, 2.24) is 5.32 Å². The van der Waals surface area contributed by atoms with Crippen LogP contribution in [0.5, 0.6) is 5.75 Å². The molecule has 0 radical (unpaired) electrons. The molecule has 2 rings (SSSR count). The summed E-state index contributed by atoms with van der Waals surface area (Å²) in [4.78, 5) is 12.8. The molecule has 0 heterocycles. The predicted octanol–water partition coefficient (Wildman–Crippen LogP) is 3.69. The number of methoxy groups -OCH3 is 1. The molecule has 0 aromatic heterocycles. The molecule has 0 saturated carbocycles. The van der Waals surface area contributed by atoms with Gasteiger partial charge in [0.05, 0.1) is 7.11 Å². The molecule has 0 aliphatic heterocycles. The van der Waals surface area contributed by atoms with Gasteiger partial charge in [-0.25, -0.2) is 0 Å². The molecular weight excluding hydrogens is 310 g/mol. The standard InChI is InChI=1S/C19H23NO2.ClH/c1-14-6-4-7-15(10-14)11-17(13-20-2)19(21)16-8-5-9-18(12-16)22-3;/h4-10,12,17,20H,11,13H2,1-3H3;1H. The van der Waals surface area contributed by atoms with Crippen LogP contribution in [-0.4, -0.2) is 26.5 Å². The molecule has 0 saturated heterocycles. The SMILES string of the molecule is CNCC(Cc1cccc(C)c1)C(=O)c1cccc(OC)c1.Cl. The zero-order chi connectivity index (χ0) is 15.9. The van der Waals surface area contributed by atoms with Crippen molar-refractivity contribution in [3.8, 4) is 5.75 Å². The summed E-state index contributed by atoms with van der Waals surface area (Å²) in [5.74, 6) is 0.776. The average molecular weight is 334 g/mol. The van der Waals surface area contributed by atoms with Gasteiger partial charge in [0.2, 0.25) is 0 Å². The highest BCUT2D eigenvalue weighted by molar-refractivity contribution is 5.98. The number of halogens is 1. The largest absolute Gasteiger partial charge is 0.497 e. The van der Waals surface area contributed by atoms with Gasteiger partial charge in [-0.2, -0.15) is 0 Å².